The van der Waals surface area contributed by atoms with Crippen molar-refractivity contribution in [3.05, 3.63) is 66.0 Å². The summed E-state index contributed by atoms with van der Waals surface area (Å²) in [6.45, 7) is 4.19. The lowest BCUT2D eigenvalue weighted by molar-refractivity contribution is -0.137. The summed E-state index contributed by atoms with van der Waals surface area (Å²) in [5.74, 6) is 5.94. The Morgan fingerprint density at radius 1 is 1.14 bits per heavy atom. The fourth-order valence-corrected chi connectivity index (χ4v) is 4.47. The number of anilines is 2. The van der Waals surface area contributed by atoms with Gasteiger partial charge >= 0.3 is 0 Å². The minimum Gasteiger partial charge on any atom is -0.383 e. The second-order valence-electron chi connectivity index (χ2n) is 8.91. The molecular formula is C26H25N7O3. The van der Waals surface area contributed by atoms with Crippen molar-refractivity contribution in [2.24, 2.45) is 0 Å². The van der Waals surface area contributed by atoms with Gasteiger partial charge in [-0.05, 0) is 26.0 Å². The third-order valence-electron chi connectivity index (χ3n) is 6.24. The van der Waals surface area contributed by atoms with Crippen LogP contribution in [0.15, 0.2) is 60.5 Å². The molecule has 1 atom stereocenters. The number of nitrogens with zero attached hydrogens (tertiary/aromatic N) is 6. The molecular weight excluding hydrogens is 458 g/mol. The van der Waals surface area contributed by atoms with Crippen LogP contribution in [-0.4, -0.2) is 60.3 Å². The molecule has 3 aromatic rings. The highest BCUT2D eigenvalue weighted by atomic mass is 16.5. The van der Waals surface area contributed by atoms with E-state index in [1.165, 1.54) is 4.90 Å². The zero-order valence-corrected chi connectivity index (χ0v) is 20.1. The lowest BCUT2D eigenvalue weighted by atomic mass is 10.0. The molecule has 2 aliphatic heterocycles. The van der Waals surface area contributed by atoms with Gasteiger partial charge in [0, 0.05) is 42.5 Å². The van der Waals surface area contributed by atoms with Crippen molar-refractivity contribution in [2.75, 3.05) is 24.2 Å². The van der Waals surface area contributed by atoms with Gasteiger partial charge in [-0.15, -0.1) is 0 Å². The summed E-state index contributed by atoms with van der Waals surface area (Å²) in [4.78, 5) is 29.2. The van der Waals surface area contributed by atoms with Crippen LogP contribution in [-0.2, 0) is 4.79 Å². The van der Waals surface area contributed by atoms with Gasteiger partial charge < -0.3 is 20.6 Å². The molecule has 1 saturated heterocycles. The van der Waals surface area contributed by atoms with Crippen LogP contribution in [0.5, 0.6) is 0 Å². The van der Waals surface area contributed by atoms with Crippen molar-refractivity contribution in [1.29, 1.82) is 0 Å². The maximum absolute atomic E-state index is 12.2. The van der Waals surface area contributed by atoms with E-state index in [2.05, 4.69) is 21.8 Å². The number of rotatable bonds is 2. The number of hydroxylamine groups is 2. The third kappa shape index (κ3) is 4.00. The van der Waals surface area contributed by atoms with E-state index in [1.807, 2.05) is 24.8 Å². The number of likely N-dealkylation sites (tertiary alicyclic amines) is 1. The van der Waals surface area contributed by atoms with E-state index in [9.17, 15) is 15.1 Å². The Morgan fingerprint density at radius 2 is 1.89 bits per heavy atom. The fourth-order valence-electron chi connectivity index (χ4n) is 4.47. The number of amides is 1. The summed E-state index contributed by atoms with van der Waals surface area (Å²) in [7, 11) is 1.64. The first kappa shape index (κ1) is 23.3. The lowest BCUT2D eigenvalue weighted by Gasteiger charge is -2.31. The maximum Gasteiger partial charge on any atom is 0.267 e. The first-order valence-corrected chi connectivity index (χ1v) is 11.3. The van der Waals surface area contributed by atoms with Gasteiger partial charge in [0.25, 0.3) is 5.91 Å². The van der Waals surface area contributed by atoms with Crippen LogP contribution in [0.4, 0.5) is 11.5 Å². The van der Waals surface area contributed by atoms with Gasteiger partial charge in [-0.1, -0.05) is 24.0 Å². The van der Waals surface area contributed by atoms with Gasteiger partial charge in [0.05, 0.1) is 41.4 Å². The summed E-state index contributed by atoms with van der Waals surface area (Å²) >= 11 is 0. The third-order valence-corrected chi connectivity index (χ3v) is 6.24. The number of fused-ring (bicyclic) bond motifs is 1. The lowest BCUT2D eigenvalue weighted by Crippen LogP contribution is -2.37. The molecule has 36 heavy (non-hydrogen) atoms. The number of carbonyl (C=O) groups excluding carboxylic acids is 1. The highest BCUT2D eigenvalue weighted by molar-refractivity contribution is 6.00. The van der Waals surface area contributed by atoms with Gasteiger partial charge in [-0.3, -0.25) is 15.0 Å². The van der Waals surface area contributed by atoms with E-state index >= 15 is 0 Å². The number of aromatic nitrogens is 3. The van der Waals surface area contributed by atoms with Gasteiger partial charge in [0.15, 0.2) is 5.82 Å². The Bertz CT molecular complexity index is 1500. The van der Waals surface area contributed by atoms with Crippen molar-refractivity contribution in [2.45, 2.75) is 25.9 Å². The highest BCUT2D eigenvalue weighted by Crippen LogP contribution is 2.36. The first-order valence-electron chi connectivity index (χ1n) is 11.3. The van der Waals surface area contributed by atoms with Crippen LogP contribution in [0.1, 0.15) is 25.8 Å². The number of aliphatic hydroxyl groups is 1. The zero-order valence-electron chi connectivity index (χ0n) is 20.1. The van der Waals surface area contributed by atoms with Crippen LogP contribution in [0.2, 0.25) is 0 Å². The van der Waals surface area contributed by atoms with Crippen LogP contribution in [0, 0.1) is 11.8 Å². The molecule has 2 aliphatic rings. The Balaban J connectivity index is 1.53. The SMILES string of the molecule is CC1=CN(O)C=C(C)N1c1cncc2nc(-c3cccc(C#C[C@]4(O)CCN(C)C4=O)c3)nc(N)c12. The normalized spacial score (nSPS) is 19.8. The number of likely N-dealkylation sites (N-methyl/N-ethyl adjacent to an activating group) is 1. The molecule has 0 saturated carbocycles. The molecule has 0 aliphatic carbocycles. The highest BCUT2D eigenvalue weighted by Gasteiger charge is 2.42. The summed E-state index contributed by atoms with van der Waals surface area (Å²) in [6, 6.07) is 7.23. The van der Waals surface area contributed by atoms with Gasteiger partial charge in [0.2, 0.25) is 5.60 Å². The molecule has 1 fully saturated rings. The summed E-state index contributed by atoms with van der Waals surface area (Å²) in [5, 5.41) is 22.1. The van der Waals surface area contributed by atoms with Gasteiger partial charge in [0.1, 0.15) is 5.82 Å². The van der Waals surface area contributed by atoms with E-state index in [0.717, 1.165) is 16.5 Å². The number of benzene rings is 1. The Morgan fingerprint density at radius 3 is 2.58 bits per heavy atom. The summed E-state index contributed by atoms with van der Waals surface area (Å²) in [5.41, 5.74) is 8.87. The molecule has 4 N–H and O–H groups in total. The molecule has 0 unspecified atom stereocenters. The predicted octanol–water partition coefficient (Wildman–Crippen LogP) is 2.45. The largest absolute Gasteiger partial charge is 0.383 e. The van der Waals surface area contributed by atoms with Gasteiger partial charge in [-0.25, -0.2) is 15.0 Å². The van der Waals surface area contributed by atoms with Crippen molar-refractivity contribution >= 4 is 28.3 Å². The van der Waals surface area contributed by atoms with Crippen molar-refractivity contribution in [1.82, 2.24) is 24.9 Å². The molecule has 1 aromatic carbocycles. The van der Waals surface area contributed by atoms with Crippen molar-refractivity contribution in [3.8, 4) is 23.2 Å². The summed E-state index contributed by atoms with van der Waals surface area (Å²) < 4.78 is 0. The molecule has 0 bridgehead atoms. The zero-order chi connectivity index (χ0) is 25.6. The molecule has 1 amide bonds. The molecule has 5 rings (SSSR count). The van der Waals surface area contributed by atoms with E-state index in [4.69, 9.17) is 10.7 Å². The quantitative estimate of drug-likeness (QED) is 0.470. The number of nitrogens with two attached hydrogens (primary N) is 1. The minimum atomic E-state index is -1.67. The minimum absolute atomic E-state index is 0.269. The van der Waals surface area contributed by atoms with Crippen molar-refractivity contribution < 1.29 is 15.1 Å². The van der Waals surface area contributed by atoms with E-state index in [1.54, 1.807) is 50.0 Å². The molecule has 4 heterocycles. The van der Waals surface area contributed by atoms with Gasteiger partial charge in [-0.2, -0.15) is 0 Å². The van der Waals surface area contributed by atoms with Crippen molar-refractivity contribution in [3.63, 3.8) is 0 Å². The van der Waals surface area contributed by atoms with Crippen LogP contribution in [0.25, 0.3) is 22.3 Å². The Hall–Kier alpha value is -4.46. The first-order chi connectivity index (χ1) is 17.2. The topological polar surface area (TPSA) is 132 Å². The average Bonchev–Trinajstić information content (AvgIpc) is 3.10. The molecule has 0 radical (unpaired) electrons. The number of allylic oxidation sites excluding steroid dienone is 2. The fraction of sp³-hybridized carbons (Fsp3) is 0.231. The van der Waals surface area contributed by atoms with Crippen LogP contribution in [0.3, 0.4) is 0 Å². The molecule has 10 heteroatoms. The number of carbonyl (C=O) groups is 1. The Labute approximate surface area is 208 Å². The molecule has 2 aromatic heterocycles. The number of hydrogen-bond acceptors (Lipinski definition) is 9. The second kappa shape index (κ2) is 8.64. The smallest absolute Gasteiger partial charge is 0.267 e. The van der Waals surface area contributed by atoms with Crippen LogP contribution >= 0.6 is 0 Å². The maximum atomic E-state index is 12.2. The average molecular weight is 484 g/mol. The number of hydrogen-bond donors (Lipinski definition) is 3. The standard InChI is InChI=1S/C26H25N7O3/c1-16-14-32(36)15-17(2)33(16)21-13-28-12-20-22(21)23(27)30-24(29-20)19-6-4-5-18(11-19)7-8-26(35)9-10-31(3)25(26)34/h4-6,11-15,35-36H,9-10H2,1-3H3,(H2,27,29,30)/t26-/m0/s1. The number of pyridine rings is 1. The molecule has 10 nitrogen and oxygen atoms in total. The molecule has 0 spiro atoms. The number of nitrogen functional groups attached to an aromatic ring is 1. The summed E-state index contributed by atoms with van der Waals surface area (Å²) in [6.07, 6.45) is 6.74. The Kier molecular flexibility index (Phi) is 5.59. The monoisotopic (exact) mass is 483 g/mol. The molecule has 182 valence electrons. The second-order valence-corrected chi connectivity index (χ2v) is 8.91. The van der Waals surface area contributed by atoms with E-state index in [-0.39, 0.29) is 12.2 Å². The van der Waals surface area contributed by atoms with E-state index in [0.29, 0.717) is 40.1 Å². The van der Waals surface area contributed by atoms with E-state index < -0.39 is 11.5 Å². The predicted molar refractivity (Wildman–Crippen MR) is 135 cm³/mol. The van der Waals surface area contributed by atoms with Crippen LogP contribution < -0.4 is 10.6 Å².